The molecule has 138 valence electrons. The number of hydrogen-bond donors (Lipinski definition) is 0. The number of hydrogen-bond acceptors (Lipinski definition) is 0. The zero-order valence-corrected chi connectivity index (χ0v) is 16.4. The summed E-state index contributed by atoms with van der Waals surface area (Å²) in [4.78, 5) is 0. The van der Waals surface area contributed by atoms with Gasteiger partial charge >= 0.3 is 0 Å². The van der Waals surface area contributed by atoms with Crippen LogP contribution in [-0.2, 0) is 19.3 Å². The van der Waals surface area contributed by atoms with Crippen LogP contribution in [0.15, 0.2) is 84.9 Å². The SMILES string of the molecule is CCCc1cccc(-n2c(-c3ccccc3)cc3c2CCc2ccccc2-3)c1. The summed E-state index contributed by atoms with van der Waals surface area (Å²) in [6.45, 7) is 2.25. The van der Waals surface area contributed by atoms with Gasteiger partial charge in [-0.15, -0.1) is 0 Å². The molecule has 0 saturated heterocycles. The molecule has 0 fully saturated rings. The molecule has 28 heavy (non-hydrogen) atoms. The van der Waals surface area contributed by atoms with Gasteiger partial charge in [-0.25, -0.2) is 0 Å². The summed E-state index contributed by atoms with van der Waals surface area (Å²) < 4.78 is 2.50. The third-order valence-corrected chi connectivity index (χ3v) is 5.82. The molecule has 5 rings (SSSR count). The van der Waals surface area contributed by atoms with Crippen LogP contribution in [-0.4, -0.2) is 4.57 Å². The summed E-state index contributed by atoms with van der Waals surface area (Å²) in [5.74, 6) is 0. The van der Waals surface area contributed by atoms with Crippen molar-refractivity contribution in [1.29, 1.82) is 0 Å². The quantitative estimate of drug-likeness (QED) is 0.373. The predicted molar refractivity (Wildman–Crippen MR) is 118 cm³/mol. The molecule has 0 spiro atoms. The minimum atomic E-state index is 1.08. The van der Waals surface area contributed by atoms with E-state index in [1.165, 1.54) is 51.3 Å². The van der Waals surface area contributed by atoms with Gasteiger partial charge in [-0.1, -0.05) is 80.1 Å². The van der Waals surface area contributed by atoms with Gasteiger partial charge in [0.05, 0.1) is 5.69 Å². The minimum Gasteiger partial charge on any atom is -0.313 e. The van der Waals surface area contributed by atoms with Crippen LogP contribution in [0.3, 0.4) is 0 Å². The summed E-state index contributed by atoms with van der Waals surface area (Å²) in [5.41, 5.74) is 10.9. The van der Waals surface area contributed by atoms with E-state index in [9.17, 15) is 0 Å². The smallest absolute Gasteiger partial charge is 0.0537 e. The molecule has 0 amide bonds. The van der Waals surface area contributed by atoms with Gasteiger partial charge in [-0.3, -0.25) is 0 Å². The lowest BCUT2D eigenvalue weighted by Gasteiger charge is -2.20. The average molecular weight is 364 g/mol. The lowest BCUT2D eigenvalue weighted by Crippen LogP contribution is -2.09. The summed E-state index contributed by atoms with van der Waals surface area (Å²) >= 11 is 0. The van der Waals surface area contributed by atoms with E-state index in [2.05, 4.69) is 96.4 Å². The van der Waals surface area contributed by atoms with Crippen molar-refractivity contribution in [1.82, 2.24) is 4.57 Å². The second-order valence-corrected chi connectivity index (χ2v) is 7.67. The van der Waals surface area contributed by atoms with Crippen molar-refractivity contribution < 1.29 is 0 Å². The van der Waals surface area contributed by atoms with Crippen LogP contribution in [0.5, 0.6) is 0 Å². The molecular formula is C27H25N. The second-order valence-electron chi connectivity index (χ2n) is 7.67. The molecule has 1 aliphatic rings. The van der Waals surface area contributed by atoms with E-state index in [0.717, 1.165) is 19.3 Å². The maximum atomic E-state index is 2.50. The number of rotatable bonds is 4. The van der Waals surface area contributed by atoms with E-state index < -0.39 is 0 Å². The molecule has 0 bridgehead atoms. The maximum Gasteiger partial charge on any atom is 0.0537 e. The molecule has 0 N–H and O–H groups in total. The first-order valence-corrected chi connectivity index (χ1v) is 10.3. The van der Waals surface area contributed by atoms with Gasteiger partial charge in [0.2, 0.25) is 0 Å². The van der Waals surface area contributed by atoms with Crippen LogP contribution in [0.2, 0.25) is 0 Å². The van der Waals surface area contributed by atoms with Crippen molar-refractivity contribution in [3.63, 3.8) is 0 Å². The van der Waals surface area contributed by atoms with E-state index in [4.69, 9.17) is 0 Å². The van der Waals surface area contributed by atoms with E-state index in [0.29, 0.717) is 0 Å². The Morgan fingerprint density at radius 3 is 2.43 bits per heavy atom. The first kappa shape index (κ1) is 17.1. The molecule has 1 heterocycles. The molecule has 3 aromatic carbocycles. The summed E-state index contributed by atoms with van der Waals surface area (Å²) in [6, 6.07) is 31.2. The second kappa shape index (κ2) is 7.16. The monoisotopic (exact) mass is 363 g/mol. The first-order valence-electron chi connectivity index (χ1n) is 10.3. The van der Waals surface area contributed by atoms with Crippen molar-refractivity contribution in [2.75, 3.05) is 0 Å². The molecule has 1 nitrogen and oxygen atoms in total. The van der Waals surface area contributed by atoms with E-state index >= 15 is 0 Å². The molecule has 0 atom stereocenters. The van der Waals surface area contributed by atoms with Gasteiger partial charge in [0.1, 0.15) is 0 Å². The highest BCUT2D eigenvalue weighted by atomic mass is 15.0. The van der Waals surface area contributed by atoms with E-state index in [-0.39, 0.29) is 0 Å². The van der Waals surface area contributed by atoms with Crippen molar-refractivity contribution in [3.8, 4) is 28.1 Å². The Morgan fingerprint density at radius 1 is 0.750 bits per heavy atom. The van der Waals surface area contributed by atoms with Gasteiger partial charge in [0.25, 0.3) is 0 Å². The minimum absolute atomic E-state index is 1.08. The number of aryl methyl sites for hydroxylation is 2. The Morgan fingerprint density at radius 2 is 1.57 bits per heavy atom. The van der Waals surface area contributed by atoms with Gasteiger partial charge in [0.15, 0.2) is 0 Å². The zero-order valence-electron chi connectivity index (χ0n) is 16.4. The third kappa shape index (κ3) is 2.88. The van der Waals surface area contributed by atoms with E-state index in [1.54, 1.807) is 0 Å². The Kier molecular flexibility index (Phi) is 4.37. The van der Waals surface area contributed by atoms with Crippen molar-refractivity contribution >= 4 is 0 Å². The molecule has 4 aromatic rings. The van der Waals surface area contributed by atoms with Crippen LogP contribution in [0.25, 0.3) is 28.1 Å². The fourth-order valence-electron chi connectivity index (χ4n) is 4.54. The van der Waals surface area contributed by atoms with Crippen molar-refractivity contribution in [2.45, 2.75) is 32.6 Å². The number of fused-ring (bicyclic) bond motifs is 3. The van der Waals surface area contributed by atoms with Gasteiger partial charge in [-0.2, -0.15) is 0 Å². The molecular weight excluding hydrogens is 338 g/mol. The normalized spacial score (nSPS) is 12.5. The van der Waals surface area contributed by atoms with Crippen LogP contribution < -0.4 is 0 Å². The number of nitrogens with zero attached hydrogens (tertiary/aromatic N) is 1. The molecule has 1 aliphatic carbocycles. The van der Waals surface area contributed by atoms with Crippen LogP contribution in [0.4, 0.5) is 0 Å². The molecule has 0 unspecified atom stereocenters. The molecule has 0 saturated carbocycles. The standard InChI is InChI=1S/C27H25N/c1-2-9-20-10-8-14-23(18-20)28-26-17-16-21-11-6-7-15-24(21)25(26)19-27(28)22-12-4-3-5-13-22/h3-8,10-15,18-19H,2,9,16-17H2,1H3. The molecule has 0 radical (unpaired) electrons. The number of benzene rings is 3. The van der Waals surface area contributed by atoms with Crippen LogP contribution in [0.1, 0.15) is 30.2 Å². The average Bonchev–Trinajstić information content (AvgIpc) is 3.15. The Bertz CT molecular complexity index is 1120. The highest BCUT2D eigenvalue weighted by Gasteiger charge is 2.23. The lowest BCUT2D eigenvalue weighted by molar-refractivity contribution is 0.854. The number of aromatic nitrogens is 1. The van der Waals surface area contributed by atoms with Gasteiger partial charge in [0, 0.05) is 16.9 Å². The molecule has 1 aromatic heterocycles. The van der Waals surface area contributed by atoms with Crippen molar-refractivity contribution in [2.24, 2.45) is 0 Å². The largest absolute Gasteiger partial charge is 0.313 e. The van der Waals surface area contributed by atoms with E-state index in [1.807, 2.05) is 0 Å². The predicted octanol–water partition coefficient (Wildman–Crippen LogP) is 6.86. The molecule has 1 heteroatoms. The Balaban J connectivity index is 1.76. The first-order chi connectivity index (χ1) is 13.8. The van der Waals surface area contributed by atoms with Crippen LogP contribution >= 0.6 is 0 Å². The summed E-state index contributed by atoms with van der Waals surface area (Å²) in [6.07, 6.45) is 4.49. The maximum absolute atomic E-state index is 2.50. The zero-order chi connectivity index (χ0) is 18.9. The highest BCUT2D eigenvalue weighted by Crippen LogP contribution is 2.40. The fourth-order valence-corrected chi connectivity index (χ4v) is 4.54. The Labute approximate surface area is 167 Å². The van der Waals surface area contributed by atoms with Gasteiger partial charge < -0.3 is 4.57 Å². The fraction of sp³-hybridized carbons (Fsp3) is 0.185. The summed E-state index contributed by atoms with van der Waals surface area (Å²) in [7, 11) is 0. The van der Waals surface area contributed by atoms with Crippen molar-refractivity contribution in [3.05, 3.63) is 102 Å². The Hall–Kier alpha value is -3.06. The summed E-state index contributed by atoms with van der Waals surface area (Å²) in [5, 5.41) is 0. The van der Waals surface area contributed by atoms with Gasteiger partial charge in [-0.05, 0) is 59.7 Å². The molecule has 0 aliphatic heterocycles. The van der Waals surface area contributed by atoms with Crippen LogP contribution in [0, 0.1) is 0 Å². The third-order valence-electron chi connectivity index (χ3n) is 5.82. The lowest BCUT2D eigenvalue weighted by atomic mass is 9.90. The highest BCUT2D eigenvalue weighted by molar-refractivity contribution is 5.80. The topological polar surface area (TPSA) is 4.93 Å².